The number of hydrogen-bond acceptors (Lipinski definition) is 2. The average molecular weight is 525 g/mol. The Kier molecular flexibility index (Phi) is 5.83. The monoisotopic (exact) mass is 524 g/mol. The van der Waals surface area contributed by atoms with Crippen LogP contribution in [0.15, 0.2) is 48.5 Å². The van der Waals surface area contributed by atoms with Crippen LogP contribution in [0.3, 0.4) is 0 Å². The third-order valence-corrected chi connectivity index (χ3v) is 8.98. The highest BCUT2D eigenvalue weighted by atomic mass is 32.1. The molecule has 0 fully saturated rings. The maximum absolute atomic E-state index is 15.5. The van der Waals surface area contributed by atoms with Crippen molar-refractivity contribution >= 4 is 54.0 Å². The number of rotatable bonds is 6. The lowest BCUT2D eigenvalue weighted by atomic mass is 9.95. The van der Waals surface area contributed by atoms with Crippen molar-refractivity contribution in [2.75, 3.05) is 0 Å². The van der Waals surface area contributed by atoms with Crippen LogP contribution in [0.1, 0.15) is 47.6 Å². The van der Waals surface area contributed by atoms with E-state index in [9.17, 15) is 8.78 Å². The number of thiophene rings is 2. The minimum Gasteiger partial charge on any atom is -0.194 e. The average Bonchev–Trinajstić information content (AvgIpc) is 3.38. The third kappa shape index (κ3) is 3.32. The van der Waals surface area contributed by atoms with Crippen molar-refractivity contribution in [1.82, 2.24) is 0 Å². The van der Waals surface area contributed by atoms with Crippen LogP contribution in [0.5, 0.6) is 0 Å². The molecule has 2 heterocycles. The first-order chi connectivity index (χ1) is 16.6. The number of allylic oxidation sites excluding steroid dienone is 2. The van der Waals surface area contributed by atoms with E-state index in [0.29, 0.717) is 57.0 Å². The van der Waals surface area contributed by atoms with Crippen molar-refractivity contribution < 1.29 is 26.3 Å². The Morgan fingerprint density at radius 3 is 1.34 bits per heavy atom. The zero-order chi connectivity index (χ0) is 25.2. The van der Waals surface area contributed by atoms with Crippen molar-refractivity contribution in [1.29, 1.82) is 0 Å². The molecular formula is C27H22F6S2. The Morgan fingerprint density at radius 2 is 0.971 bits per heavy atom. The van der Waals surface area contributed by atoms with Crippen LogP contribution in [0.25, 0.3) is 31.3 Å². The summed E-state index contributed by atoms with van der Waals surface area (Å²) >= 11 is 1.78. The Labute approximate surface area is 206 Å². The summed E-state index contributed by atoms with van der Waals surface area (Å²) in [7, 11) is 0. The molecule has 1 aliphatic rings. The van der Waals surface area contributed by atoms with E-state index in [1.54, 1.807) is 48.5 Å². The van der Waals surface area contributed by atoms with E-state index in [1.165, 1.54) is 0 Å². The highest BCUT2D eigenvalue weighted by Gasteiger charge is 2.80. The molecule has 0 nitrogen and oxygen atoms in total. The molecule has 0 N–H and O–H groups in total. The van der Waals surface area contributed by atoms with Crippen LogP contribution in [-0.4, -0.2) is 17.8 Å². The van der Waals surface area contributed by atoms with Gasteiger partial charge in [-0.1, -0.05) is 63.1 Å². The molecule has 2 aromatic carbocycles. The summed E-state index contributed by atoms with van der Waals surface area (Å²) in [5, 5.41) is 1.28. The van der Waals surface area contributed by atoms with Gasteiger partial charge in [0.25, 0.3) is 0 Å². The van der Waals surface area contributed by atoms with Crippen LogP contribution in [0, 0.1) is 0 Å². The molecule has 0 atom stereocenters. The highest BCUT2D eigenvalue weighted by Crippen LogP contribution is 2.67. The molecule has 0 bridgehead atoms. The van der Waals surface area contributed by atoms with Gasteiger partial charge in [-0.3, -0.25) is 0 Å². The molecule has 184 valence electrons. The van der Waals surface area contributed by atoms with E-state index in [2.05, 4.69) is 0 Å². The van der Waals surface area contributed by atoms with Gasteiger partial charge >= 0.3 is 17.8 Å². The summed E-state index contributed by atoms with van der Waals surface area (Å²) in [4.78, 5) is -0.324. The van der Waals surface area contributed by atoms with Gasteiger partial charge in [-0.15, -0.1) is 22.7 Å². The van der Waals surface area contributed by atoms with Crippen LogP contribution in [0.4, 0.5) is 26.3 Å². The standard InChI is InChI=1S/C27H22F6S2/c1-3-9-17-15-11-5-7-13-19(15)34-23(17)21-22(26(30,31)27(32,33)25(21,28)29)24-18(10-4-2)16-12-6-8-14-20(16)35-24/h5-8,11-14H,3-4,9-10H2,1-2H3. The van der Waals surface area contributed by atoms with Gasteiger partial charge in [-0.25, -0.2) is 0 Å². The molecule has 0 aliphatic heterocycles. The fourth-order valence-corrected chi connectivity index (χ4v) is 7.61. The minimum absolute atomic E-state index is 0.162. The molecule has 5 rings (SSSR count). The fourth-order valence-electron chi connectivity index (χ4n) is 4.94. The number of aryl methyl sites for hydroxylation is 2. The molecule has 8 heteroatoms. The Bertz CT molecular complexity index is 1350. The number of fused-ring (bicyclic) bond motifs is 2. The molecule has 0 saturated carbocycles. The molecule has 1 aliphatic carbocycles. The fraction of sp³-hybridized carbons (Fsp3) is 0.333. The predicted octanol–water partition coefficient (Wildman–Crippen LogP) is 9.85. The highest BCUT2D eigenvalue weighted by molar-refractivity contribution is 7.21. The van der Waals surface area contributed by atoms with Gasteiger partial charge in [0.1, 0.15) is 0 Å². The molecule has 0 spiro atoms. The minimum atomic E-state index is -5.55. The SMILES string of the molecule is CCCc1c(C2=C(c3sc4ccccc4c3CCC)C(F)(F)C(F)(F)C2(F)F)sc2ccccc12. The van der Waals surface area contributed by atoms with E-state index in [1.807, 2.05) is 13.8 Å². The molecule has 35 heavy (non-hydrogen) atoms. The van der Waals surface area contributed by atoms with Gasteiger partial charge < -0.3 is 0 Å². The van der Waals surface area contributed by atoms with E-state index < -0.39 is 28.9 Å². The van der Waals surface area contributed by atoms with Crippen LogP contribution >= 0.6 is 22.7 Å². The van der Waals surface area contributed by atoms with Gasteiger partial charge in [-0.2, -0.15) is 26.3 Å². The van der Waals surface area contributed by atoms with Crippen molar-refractivity contribution in [3.63, 3.8) is 0 Å². The van der Waals surface area contributed by atoms with E-state index in [-0.39, 0.29) is 9.75 Å². The van der Waals surface area contributed by atoms with Gasteiger partial charge in [0.15, 0.2) is 0 Å². The predicted molar refractivity (Wildman–Crippen MR) is 133 cm³/mol. The topological polar surface area (TPSA) is 0 Å². The Balaban J connectivity index is 1.94. The summed E-state index contributed by atoms with van der Waals surface area (Å²) in [6, 6.07) is 13.8. The maximum atomic E-state index is 15.5. The summed E-state index contributed by atoms with van der Waals surface area (Å²) in [6.07, 6.45) is 1.74. The maximum Gasteiger partial charge on any atom is 0.380 e. The normalized spacial score (nSPS) is 18.7. The molecule has 4 aromatic rings. The lowest BCUT2D eigenvalue weighted by Crippen LogP contribution is -2.48. The first kappa shape index (κ1) is 24.4. The molecule has 0 saturated heterocycles. The lowest BCUT2D eigenvalue weighted by Gasteiger charge is -2.25. The van der Waals surface area contributed by atoms with Gasteiger partial charge in [-0.05, 0) is 46.9 Å². The lowest BCUT2D eigenvalue weighted by molar-refractivity contribution is -0.254. The van der Waals surface area contributed by atoms with Crippen LogP contribution in [0.2, 0.25) is 0 Å². The second-order valence-corrected chi connectivity index (χ2v) is 10.9. The van der Waals surface area contributed by atoms with Crippen LogP contribution in [-0.2, 0) is 12.8 Å². The van der Waals surface area contributed by atoms with Crippen molar-refractivity contribution in [3.05, 3.63) is 69.4 Å². The molecule has 0 unspecified atom stereocenters. The number of alkyl halides is 6. The number of hydrogen-bond donors (Lipinski definition) is 0. The summed E-state index contributed by atoms with van der Waals surface area (Å²) in [5.74, 6) is -15.6. The second-order valence-electron chi connectivity index (χ2n) is 8.78. The summed E-state index contributed by atoms with van der Waals surface area (Å²) in [6.45, 7) is 3.68. The number of halogens is 6. The van der Waals surface area contributed by atoms with Gasteiger partial charge in [0.05, 0.1) is 11.1 Å². The Hall–Kier alpha value is -2.32. The van der Waals surface area contributed by atoms with Gasteiger partial charge in [0.2, 0.25) is 0 Å². The zero-order valence-electron chi connectivity index (χ0n) is 19.0. The first-order valence-electron chi connectivity index (χ1n) is 11.5. The van der Waals surface area contributed by atoms with Crippen molar-refractivity contribution in [2.24, 2.45) is 0 Å². The molecular weight excluding hydrogens is 502 g/mol. The van der Waals surface area contributed by atoms with Crippen molar-refractivity contribution in [2.45, 2.75) is 57.3 Å². The second kappa shape index (κ2) is 8.37. The molecule has 2 aromatic heterocycles. The van der Waals surface area contributed by atoms with Gasteiger partial charge in [0, 0.05) is 19.2 Å². The smallest absolute Gasteiger partial charge is 0.194 e. The first-order valence-corrected chi connectivity index (χ1v) is 13.1. The zero-order valence-corrected chi connectivity index (χ0v) is 20.7. The summed E-state index contributed by atoms with van der Waals surface area (Å²) < 4.78 is 93.4. The largest absolute Gasteiger partial charge is 0.380 e. The summed E-state index contributed by atoms with van der Waals surface area (Å²) in [5.41, 5.74) is -1.60. The van der Waals surface area contributed by atoms with E-state index in [0.717, 1.165) is 22.7 Å². The molecule has 0 radical (unpaired) electrons. The van der Waals surface area contributed by atoms with E-state index in [4.69, 9.17) is 0 Å². The third-order valence-electron chi connectivity index (χ3n) is 6.52. The Morgan fingerprint density at radius 1 is 0.600 bits per heavy atom. The van der Waals surface area contributed by atoms with E-state index >= 15 is 17.6 Å². The quantitative estimate of drug-likeness (QED) is 0.220. The van der Waals surface area contributed by atoms with Crippen molar-refractivity contribution in [3.8, 4) is 0 Å². The number of benzene rings is 2. The van der Waals surface area contributed by atoms with Crippen LogP contribution < -0.4 is 0 Å². The molecule has 0 amide bonds.